The first kappa shape index (κ1) is 30.3. The van der Waals surface area contributed by atoms with E-state index >= 15 is 0 Å². The van der Waals surface area contributed by atoms with Crippen molar-refractivity contribution in [1.82, 2.24) is 4.72 Å². The van der Waals surface area contributed by atoms with Gasteiger partial charge in [0, 0.05) is 21.2 Å². The van der Waals surface area contributed by atoms with Gasteiger partial charge < -0.3 is 5.11 Å². The quantitative estimate of drug-likeness (QED) is 0.268. The van der Waals surface area contributed by atoms with E-state index in [2.05, 4.69) is 4.72 Å². The topological polar surface area (TPSA) is 83.5 Å². The molecule has 1 aromatic heterocycles. The van der Waals surface area contributed by atoms with Crippen LogP contribution in [0.5, 0.6) is 0 Å². The zero-order valence-corrected chi connectivity index (χ0v) is 20.7. The molecule has 0 saturated carbocycles. The van der Waals surface area contributed by atoms with E-state index in [-0.39, 0.29) is 27.6 Å². The average Bonchev–Trinajstić information content (AvgIpc) is 3.20. The number of aryl methyl sites for hydroxylation is 1. The molecule has 0 spiro atoms. The average molecular weight is 584 g/mol. The number of carbonyl (C=O) groups is 1. The number of carboxylic acids is 1. The number of halogens is 8. The number of benzene rings is 1. The van der Waals surface area contributed by atoms with Gasteiger partial charge >= 0.3 is 18.3 Å². The molecule has 0 saturated heterocycles. The Morgan fingerprint density at radius 3 is 2.08 bits per heavy atom. The number of thiophene rings is 1. The summed E-state index contributed by atoms with van der Waals surface area (Å²) in [7, 11) is -4.28. The number of hydrogen-bond donors (Lipinski definition) is 2. The van der Waals surface area contributed by atoms with Crippen LogP contribution in [0.15, 0.2) is 41.3 Å². The smallest absolute Gasteiger partial charge is 0.431 e. The molecule has 5 nitrogen and oxygen atoms in total. The minimum absolute atomic E-state index is 0.132. The van der Waals surface area contributed by atoms with Crippen molar-refractivity contribution in [1.29, 1.82) is 0 Å². The SMILES string of the molecule is O=C(O)CCCc1ccc(C(CCCC(F)(C(F)(F)F)C(F)(F)F)NS(=O)(=O)c2ccc(Cl)cc2)s1. The van der Waals surface area contributed by atoms with Crippen molar-refractivity contribution in [2.45, 2.75) is 67.5 Å². The first-order chi connectivity index (χ1) is 16.5. The summed E-state index contributed by atoms with van der Waals surface area (Å²) in [6.45, 7) is 0. The second-order valence-electron chi connectivity index (χ2n) is 7.87. The summed E-state index contributed by atoms with van der Waals surface area (Å²) in [4.78, 5) is 11.3. The van der Waals surface area contributed by atoms with E-state index in [0.29, 0.717) is 11.3 Å². The fraction of sp³-hybridized carbons (Fsp3) is 0.476. The predicted octanol–water partition coefficient (Wildman–Crippen LogP) is 6.83. The first-order valence-electron chi connectivity index (χ1n) is 10.4. The molecule has 1 heterocycles. The summed E-state index contributed by atoms with van der Waals surface area (Å²) in [5.74, 6) is -1.02. The van der Waals surface area contributed by atoms with Crippen molar-refractivity contribution in [3.05, 3.63) is 51.2 Å². The van der Waals surface area contributed by atoms with Crippen LogP contribution < -0.4 is 4.72 Å². The minimum Gasteiger partial charge on any atom is -0.481 e. The van der Waals surface area contributed by atoms with Crippen LogP contribution in [0.25, 0.3) is 0 Å². The Kier molecular flexibility index (Phi) is 9.82. The highest BCUT2D eigenvalue weighted by molar-refractivity contribution is 7.89. The van der Waals surface area contributed by atoms with Gasteiger partial charge in [-0.05, 0) is 68.5 Å². The summed E-state index contributed by atoms with van der Waals surface area (Å²) in [5, 5.41) is 8.97. The lowest BCUT2D eigenvalue weighted by molar-refractivity contribution is -0.343. The summed E-state index contributed by atoms with van der Waals surface area (Å²) in [6.07, 6.45) is -15.4. The van der Waals surface area contributed by atoms with Crippen molar-refractivity contribution in [2.24, 2.45) is 0 Å². The number of sulfonamides is 1. The van der Waals surface area contributed by atoms with Crippen molar-refractivity contribution < 1.29 is 49.1 Å². The summed E-state index contributed by atoms with van der Waals surface area (Å²) in [6, 6.07) is 6.60. The largest absolute Gasteiger partial charge is 0.481 e. The van der Waals surface area contributed by atoms with Crippen molar-refractivity contribution in [3.63, 3.8) is 0 Å². The molecule has 36 heavy (non-hydrogen) atoms. The number of rotatable bonds is 12. The molecule has 2 aromatic rings. The van der Waals surface area contributed by atoms with E-state index in [1.807, 2.05) is 0 Å². The third-order valence-electron chi connectivity index (χ3n) is 5.17. The second-order valence-corrected chi connectivity index (χ2v) is 11.2. The van der Waals surface area contributed by atoms with Crippen LogP contribution in [0.1, 0.15) is 47.9 Å². The normalized spacial score (nSPS) is 14.1. The number of aliphatic carboxylic acids is 1. The van der Waals surface area contributed by atoms with Gasteiger partial charge in [0.1, 0.15) is 0 Å². The molecule has 1 atom stereocenters. The molecule has 202 valence electrons. The number of hydrogen-bond acceptors (Lipinski definition) is 4. The highest BCUT2D eigenvalue weighted by Gasteiger charge is 2.71. The van der Waals surface area contributed by atoms with E-state index in [4.69, 9.17) is 16.7 Å². The third-order valence-corrected chi connectivity index (χ3v) is 8.17. The van der Waals surface area contributed by atoms with Crippen LogP contribution >= 0.6 is 22.9 Å². The first-order valence-corrected chi connectivity index (χ1v) is 13.0. The molecule has 0 aliphatic heterocycles. The second kappa shape index (κ2) is 11.7. The third kappa shape index (κ3) is 7.80. The van der Waals surface area contributed by atoms with Crippen LogP contribution in [-0.4, -0.2) is 37.5 Å². The highest BCUT2D eigenvalue weighted by Crippen LogP contribution is 2.49. The summed E-state index contributed by atoms with van der Waals surface area (Å²) >= 11 is 6.76. The number of carboxylic acid groups (broad SMARTS) is 1. The molecule has 0 aliphatic rings. The van der Waals surface area contributed by atoms with Gasteiger partial charge in [0.25, 0.3) is 5.67 Å². The molecule has 0 bridgehead atoms. The number of alkyl halides is 7. The lowest BCUT2D eigenvalue weighted by Gasteiger charge is -2.30. The Hall–Kier alpha value is -1.90. The van der Waals surface area contributed by atoms with Crippen LogP contribution in [0.3, 0.4) is 0 Å². The van der Waals surface area contributed by atoms with E-state index in [9.17, 15) is 43.9 Å². The van der Waals surface area contributed by atoms with Crippen molar-refractivity contribution >= 4 is 38.9 Å². The molecule has 2 rings (SSSR count). The van der Waals surface area contributed by atoms with Crippen LogP contribution in [-0.2, 0) is 21.2 Å². The monoisotopic (exact) mass is 583 g/mol. The van der Waals surface area contributed by atoms with Crippen molar-refractivity contribution in [2.75, 3.05) is 0 Å². The van der Waals surface area contributed by atoms with Gasteiger partial charge in [-0.15, -0.1) is 11.3 Å². The summed E-state index contributed by atoms with van der Waals surface area (Å²) < 4.78 is 119. The van der Waals surface area contributed by atoms with Crippen LogP contribution in [0, 0.1) is 0 Å². The zero-order valence-electron chi connectivity index (χ0n) is 18.3. The maximum atomic E-state index is 14.1. The van der Waals surface area contributed by atoms with Gasteiger partial charge in [0.2, 0.25) is 10.0 Å². The molecule has 0 fully saturated rings. The van der Waals surface area contributed by atoms with E-state index < -0.39 is 59.3 Å². The molecule has 15 heteroatoms. The molecule has 1 aromatic carbocycles. The van der Waals surface area contributed by atoms with Crippen LogP contribution in [0.2, 0.25) is 5.02 Å². The Balaban J connectivity index is 2.28. The van der Waals surface area contributed by atoms with Gasteiger partial charge in [-0.25, -0.2) is 17.5 Å². The molecular formula is C21H21ClF7NO4S2. The molecule has 0 amide bonds. The van der Waals surface area contributed by atoms with E-state index in [1.54, 1.807) is 6.07 Å². The Morgan fingerprint density at radius 1 is 0.972 bits per heavy atom. The van der Waals surface area contributed by atoms with Crippen LogP contribution in [0.4, 0.5) is 30.7 Å². The van der Waals surface area contributed by atoms with Gasteiger partial charge in [-0.1, -0.05) is 11.6 Å². The van der Waals surface area contributed by atoms with Gasteiger partial charge in [-0.2, -0.15) is 26.3 Å². The zero-order chi connectivity index (χ0) is 27.4. The van der Waals surface area contributed by atoms with Gasteiger partial charge in [-0.3, -0.25) is 4.79 Å². The van der Waals surface area contributed by atoms with E-state index in [0.717, 1.165) is 23.5 Å². The lowest BCUT2D eigenvalue weighted by Crippen LogP contribution is -2.53. The molecule has 1 unspecified atom stereocenters. The van der Waals surface area contributed by atoms with E-state index in [1.165, 1.54) is 18.2 Å². The fourth-order valence-electron chi connectivity index (χ4n) is 3.25. The minimum atomic E-state index is -6.20. The predicted molar refractivity (Wildman–Crippen MR) is 119 cm³/mol. The molecule has 2 N–H and O–H groups in total. The maximum Gasteiger partial charge on any atom is 0.431 e. The maximum absolute atomic E-state index is 14.1. The van der Waals surface area contributed by atoms with Crippen molar-refractivity contribution in [3.8, 4) is 0 Å². The fourth-order valence-corrected chi connectivity index (χ4v) is 5.84. The molecular weight excluding hydrogens is 563 g/mol. The highest BCUT2D eigenvalue weighted by atomic mass is 35.5. The van der Waals surface area contributed by atoms with Gasteiger partial charge in [0.15, 0.2) is 0 Å². The Bertz CT molecular complexity index is 1120. The number of nitrogens with one attached hydrogen (secondary N) is 1. The summed E-state index contributed by atoms with van der Waals surface area (Å²) in [5.41, 5.74) is -5.45. The lowest BCUT2D eigenvalue weighted by atomic mass is 9.95. The Labute approximate surface area is 211 Å². The standard InChI is InChI=1S/C21H21ClF7NO4S2/c22-13-6-9-15(10-7-13)36(33,34)30-16(17-11-8-14(35-17)3-1-5-18(31)32)4-2-12-19(23,20(24,25)26)21(27,28)29/h6-11,16,30H,1-5,12H2,(H,31,32). The Morgan fingerprint density at radius 2 is 1.56 bits per heavy atom. The van der Waals surface area contributed by atoms with Gasteiger partial charge in [0.05, 0.1) is 10.9 Å². The molecule has 0 radical (unpaired) electrons. The molecule has 0 aliphatic carbocycles.